The molecule has 124 valence electrons. The minimum Gasteiger partial charge on any atom is -0.312 e. The van der Waals surface area contributed by atoms with Gasteiger partial charge in [0.2, 0.25) is 0 Å². The van der Waals surface area contributed by atoms with Crippen LogP contribution in [0.3, 0.4) is 0 Å². The van der Waals surface area contributed by atoms with Crippen molar-refractivity contribution in [3.63, 3.8) is 0 Å². The molecule has 0 aromatic heterocycles. The Morgan fingerprint density at radius 3 is 2.52 bits per heavy atom. The zero-order valence-electron chi connectivity index (χ0n) is 12.4. The fourth-order valence-electron chi connectivity index (χ4n) is 3.06. The lowest BCUT2D eigenvalue weighted by Gasteiger charge is -2.15. The van der Waals surface area contributed by atoms with Crippen molar-refractivity contribution in [2.24, 2.45) is 0 Å². The minimum atomic E-state index is -3.55. The molecule has 1 aromatic carbocycles. The van der Waals surface area contributed by atoms with Crippen molar-refractivity contribution in [2.75, 3.05) is 18.8 Å². The average molecular weight is 340 g/mol. The molecule has 0 saturated carbocycles. The molecule has 2 aliphatic rings. The molecule has 1 atom stereocenters. The Balaban J connectivity index is 1.60. The molecule has 2 saturated heterocycles. The van der Waals surface area contributed by atoms with Crippen molar-refractivity contribution in [1.29, 1.82) is 0 Å². The van der Waals surface area contributed by atoms with Gasteiger partial charge < -0.3 is 4.90 Å². The highest BCUT2D eigenvalue weighted by molar-refractivity contribution is 7.91. The van der Waals surface area contributed by atoms with E-state index in [9.17, 15) is 22.4 Å². The smallest absolute Gasteiger partial charge is 0.312 e. The van der Waals surface area contributed by atoms with Gasteiger partial charge in [0, 0.05) is 13.1 Å². The summed E-state index contributed by atoms with van der Waals surface area (Å²) < 4.78 is 37.2. The van der Waals surface area contributed by atoms with E-state index in [4.69, 9.17) is 0 Å². The van der Waals surface area contributed by atoms with E-state index in [2.05, 4.69) is 0 Å². The van der Waals surface area contributed by atoms with E-state index in [1.165, 1.54) is 12.1 Å². The van der Waals surface area contributed by atoms with E-state index in [-0.39, 0.29) is 41.6 Å². The minimum absolute atomic E-state index is 0.0404. The molecule has 0 aliphatic carbocycles. The van der Waals surface area contributed by atoms with E-state index in [0.29, 0.717) is 13.0 Å². The van der Waals surface area contributed by atoms with Crippen molar-refractivity contribution < 1.29 is 22.4 Å². The summed E-state index contributed by atoms with van der Waals surface area (Å²) in [6.07, 6.45) is 1.67. The summed E-state index contributed by atoms with van der Waals surface area (Å²) in [6, 6.07) is 3.93. The van der Waals surface area contributed by atoms with Gasteiger partial charge in [0.05, 0.1) is 10.6 Å². The van der Waals surface area contributed by atoms with Crippen molar-refractivity contribution in [3.8, 4) is 0 Å². The molecule has 1 aromatic rings. The van der Waals surface area contributed by atoms with Gasteiger partial charge >= 0.3 is 6.03 Å². The average Bonchev–Trinajstić information content (AvgIpc) is 3.07. The predicted molar refractivity (Wildman–Crippen MR) is 79.9 cm³/mol. The molecular formula is C15H17FN2O4S. The molecule has 8 heteroatoms. The highest BCUT2D eigenvalue weighted by Crippen LogP contribution is 2.27. The van der Waals surface area contributed by atoms with E-state index in [1.807, 2.05) is 0 Å². The van der Waals surface area contributed by atoms with E-state index in [0.717, 1.165) is 23.5 Å². The maximum atomic E-state index is 12.8. The molecule has 2 fully saturated rings. The van der Waals surface area contributed by atoms with Crippen LogP contribution in [0, 0.1) is 5.82 Å². The van der Waals surface area contributed by atoms with Gasteiger partial charge in [0.15, 0.2) is 9.84 Å². The number of carbonyl (C=O) groups excluding carboxylic acids is 2. The van der Waals surface area contributed by atoms with Crippen LogP contribution in [0.1, 0.15) is 19.3 Å². The van der Waals surface area contributed by atoms with Gasteiger partial charge in [-0.15, -0.1) is 0 Å². The number of nitrogens with zero attached hydrogens (tertiary/aromatic N) is 2. The van der Waals surface area contributed by atoms with Crippen LogP contribution in [0.15, 0.2) is 29.2 Å². The zero-order valence-corrected chi connectivity index (χ0v) is 13.3. The number of hydrogen-bond donors (Lipinski definition) is 0. The molecule has 0 unspecified atom stereocenters. The highest BCUT2D eigenvalue weighted by atomic mass is 32.2. The lowest BCUT2D eigenvalue weighted by molar-refractivity contribution is -0.127. The van der Waals surface area contributed by atoms with Crippen molar-refractivity contribution in [3.05, 3.63) is 30.1 Å². The Kier molecular flexibility index (Phi) is 4.09. The monoisotopic (exact) mass is 340 g/mol. The molecule has 0 bridgehead atoms. The van der Waals surface area contributed by atoms with Gasteiger partial charge in [-0.05, 0) is 43.5 Å². The summed E-state index contributed by atoms with van der Waals surface area (Å²) in [4.78, 5) is 27.0. The number of imide groups is 1. The first kappa shape index (κ1) is 15.9. The number of carbonyl (C=O) groups is 2. The number of fused-ring (bicyclic) bond motifs is 1. The van der Waals surface area contributed by atoms with E-state index < -0.39 is 15.7 Å². The Labute approximate surface area is 133 Å². The highest BCUT2D eigenvalue weighted by Gasteiger charge is 2.46. The van der Waals surface area contributed by atoms with E-state index >= 15 is 0 Å². The third-order valence-electron chi connectivity index (χ3n) is 4.25. The molecule has 3 amide bonds. The van der Waals surface area contributed by atoms with Crippen LogP contribution in [0.2, 0.25) is 0 Å². The van der Waals surface area contributed by atoms with Gasteiger partial charge in [-0.3, -0.25) is 9.69 Å². The summed E-state index contributed by atoms with van der Waals surface area (Å²) >= 11 is 0. The van der Waals surface area contributed by atoms with Crippen LogP contribution < -0.4 is 0 Å². The molecule has 0 N–H and O–H groups in total. The van der Waals surface area contributed by atoms with Crippen LogP contribution in [-0.4, -0.2) is 55.0 Å². The first-order chi connectivity index (χ1) is 10.9. The number of benzene rings is 1. The lowest BCUT2D eigenvalue weighted by Crippen LogP contribution is -2.34. The molecular weight excluding hydrogens is 323 g/mol. The van der Waals surface area contributed by atoms with Crippen molar-refractivity contribution in [1.82, 2.24) is 9.80 Å². The SMILES string of the molecule is O=C1[C@@H]2CCCN2C(=O)N1CCCS(=O)(=O)c1ccc(F)cc1. The molecule has 0 spiro atoms. The molecule has 2 aliphatic heterocycles. The number of amides is 3. The third-order valence-corrected chi connectivity index (χ3v) is 6.06. The topological polar surface area (TPSA) is 74.8 Å². The standard InChI is InChI=1S/C15H17FN2O4S/c16-11-4-6-12(7-5-11)23(21,22)10-2-9-18-14(19)13-3-1-8-17(13)15(18)20/h4-7,13H,1-3,8-10H2/t13-/m0/s1. The van der Waals surface area contributed by atoms with E-state index in [1.54, 1.807) is 4.90 Å². The number of rotatable bonds is 5. The summed E-state index contributed by atoms with van der Waals surface area (Å²) in [5.74, 6) is -0.926. The summed E-state index contributed by atoms with van der Waals surface area (Å²) in [6.45, 7) is 0.671. The molecule has 6 nitrogen and oxygen atoms in total. The number of halogens is 1. The second-order valence-corrected chi connectivity index (χ2v) is 7.86. The van der Waals surface area contributed by atoms with Crippen LogP contribution >= 0.6 is 0 Å². The molecule has 2 heterocycles. The zero-order chi connectivity index (χ0) is 16.6. The van der Waals surface area contributed by atoms with Crippen LogP contribution in [-0.2, 0) is 14.6 Å². The lowest BCUT2D eigenvalue weighted by atomic mass is 10.2. The van der Waals surface area contributed by atoms with Gasteiger partial charge in [-0.1, -0.05) is 0 Å². The Bertz CT molecular complexity index is 710. The van der Waals surface area contributed by atoms with Crippen LogP contribution in [0.4, 0.5) is 9.18 Å². The number of hydrogen-bond acceptors (Lipinski definition) is 4. The normalized spacial score (nSPS) is 21.2. The Morgan fingerprint density at radius 1 is 1.17 bits per heavy atom. The summed E-state index contributed by atoms with van der Waals surface area (Å²) in [7, 11) is -3.55. The fourth-order valence-corrected chi connectivity index (χ4v) is 4.36. The maximum Gasteiger partial charge on any atom is 0.327 e. The maximum absolute atomic E-state index is 12.8. The second-order valence-electron chi connectivity index (χ2n) is 5.75. The third kappa shape index (κ3) is 2.95. The first-order valence-corrected chi connectivity index (χ1v) is 9.16. The predicted octanol–water partition coefficient (Wildman–Crippen LogP) is 1.42. The second kappa shape index (κ2) is 5.92. The van der Waals surface area contributed by atoms with Crippen LogP contribution in [0.25, 0.3) is 0 Å². The van der Waals surface area contributed by atoms with Gasteiger partial charge in [-0.2, -0.15) is 0 Å². The number of urea groups is 1. The fraction of sp³-hybridized carbons (Fsp3) is 0.467. The first-order valence-electron chi connectivity index (χ1n) is 7.50. The molecule has 23 heavy (non-hydrogen) atoms. The summed E-state index contributed by atoms with van der Waals surface area (Å²) in [5.41, 5.74) is 0. The quantitative estimate of drug-likeness (QED) is 0.600. The van der Waals surface area contributed by atoms with Crippen molar-refractivity contribution in [2.45, 2.75) is 30.2 Å². The number of sulfone groups is 1. The largest absolute Gasteiger partial charge is 0.327 e. The van der Waals surface area contributed by atoms with Crippen LogP contribution in [0.5, 0.6) is 0 Å². The van der Waals surface area contributed by atoms with Gasteiger partial charge in [0.25, 0.3) is 5.91 Å². The Morgan fingerprint density at radius 2 is 1.87 bits per heavy atom. The van der Waals surface area contributed by atoms with Gasteiger partial charge in [-0.25, -0.2) is 17.6 Å². The van der Waals surface area contributed by atoms with Gasteiger partial charge in [0.1, 0.15) is 11.9 Å². The summed E-state index contributed by atoms with van der Waals surface area (Å²) in [5, 5.41) is 0. The molecule has 3 rings (SSSR count). The van der Waals surface area contributed by atoms with Crippen molar-refractivity contribution >= 4 is 21.8 Å². The molecule has 0 radical (unpaired) electrons. The Hall–Kier alpha value is -1.96.